The molecule has 0 radical (unpaired) electrons. The topological polar surface area (TPSA) is 49.7 Å². The van der Waals surface area contributed by atoms with Crippen molar-refractivity contribution in [1.29, 1.82) is 0 Å². The third-order valence-corrected chi connectivity index (χ3v) is 0. The van der Waals surface area contributed by atoms with Gasteiger partial charge in [0.2, 0.25) is 0 Å². The molecular weight excluding hydrogens is 70.3 g/mol. The van der Waals surface area contributed by atoms with E-state index in [0.29, 0.717) is 0 Å². The van der Waals surface area contributed by atoms with E-state index in [-0.39, 0.29) is 23.1 Å². The molecule has 0 aromatic heterocycles. The normalized spacial score (nSPS) is 3.00. The van der Waals surface area contributed by atoms with Crippen LogP contribution in [0, 0.1) is 4.91 Å². The minimum atomic E-state index is 0. The van der Waals surface area contributed by atoms with E-state index in [2.05, 4.69) is 0 Å². The monoisotopic (exact) mass is 73.0 g/mol. The lowest BCUT2D eigenvalue weighted by Gasteiger charge is -1.32. The molecule has 0 rings (SSSR count). The van der Waals surface area contributed by atoms with E-state index in [1.165, 1.54) is 5.34 Å². The van der Waals surface area contributed by atoms with Gasteiger partial charge in [0.05, 0.1) is 0 Å². The molecule has 0 atom stereocenters. The van der Waals surface area contributed by atoms with Crippen molar-refractivity contribution in [1.82, 2.24) is 0 Å². The number of hydrogen-bond donors (Lipinski definition) is 1. The van der Waals surface area contributed by atoms with Gasteiger partial charge in [0.1, 0.15) is 0 Å². The van der Waals surface area contributed by atoms with Crippen LogP contribution < -0.4 is 0 Å². The molecule has 22 valence electrons. The van der Waals surface area contributed by atoms with Crippen molar-refractivity contribution in [2.45, 2.75) is 0 Å². The first-order valence-corrected chi connectivity index (χ1v) is 0.383. The van der Waals surface area contributed by atoms with Crippen LogP contribution in [0.4, 0.5) is 0 Å². The molecule has 0 saturated heterocycles. The molecule has 0 bridgehead atoms. The highest BCUT2D eigenvalue weighted by molar-refractivity contribution is 5.75. The van der Waals surface area contributed by atoms with E-state index in [9.17, 15) is 0 Å². The fourth-order valence-electron chi connectivity index (χ4n) is 0. The minimum absolute atomic E-state index is 0. The van der Waals surface area contributed by atoms with Crippen LogP contribution in [0.5, 0.6) is 0 Å². The van der Waals surface area contributed by atoms with Crippen LogP contribution in [0.15, 0.2) is 5.34 Å². The van der Waals surface area contributed by atoms with E-state index in [1.807, 2.05) is 0 Å². The summed E-state index contributed by atoms with van der Waals surface area (Å²) in [6.45, 7) is 0. The maximum Gasteiger partial charge on any atom is 0.316 e. The summed E-state index contributed by atoms with van der Waals surface area (Å²) in [6.07, 6.45) is 0. The van der Waals surface area contributed by atoms with Gasteiger partial charge < -0.3 is 5.21 Å². The second-order valence-corrected chi connectivity index (χ2v) is 0.0816. The summed E-state index contributed by atoms with van der Waals surface area (Å²) in [7, 11) is 0. The van der Waals surface area contributed by atoms with Crippen molar-refractivity contribution in [2.24, 2.45) is 5.34 Å². The molecule has 0 aromatic carbocycles. The number of rotatable bonds is 0. The van der Waals surface area contributed by atoms with E-state index in [1.54, 1.807) is 0 Å². The van der Waals surface area contributed by atoms with Gasteiger partial charge in [-0.05, 0) is 0 Å². The summed E-state index contributed by atoms with van der Waals surface area (Å²) in [6, 6.07) is 0. The fourth-order valence-corrected chi connectivity index (χ4v) is 0. The molecule has 1 N–H and O–H groups in total. The smallest absolute Gasteiger partial charge is 0.316 e. The third-order valence-electron chi connectivity index (χ3n) is 0. The molecule has 4 heavy (non-hydrogen) atoms. The molecule has 0 aliphatic rings. The molecule has 0 aliphatic heterocycles. The molecule has 0 unspecified atom stereocenters. The van der Waals surface area contributed by atoms with Gasteiger partial charge in [-0.15, -0.1) is 4.91 Å². The Balaban J connectivity index is 0. The SMILES string of the molecule is O=NO.[MgH2]. The first-order chi connectivity index (χ1) is 1.41. The second kappa shape index (κ2) is 10.9. The predicted molar refractivity (Wildman–Crippen MR) is 16.1 cm³/mol. The Labute approximate surface area is 39.1 Å². The van der Waals surface area contributed by atoms with Crippen LogP contribution in [-0.4, -0.2) is 28.3 Å². The average Bonchev–Trinajstić information content (AvgIpc) is 0.918. The lowest BCUT2D eigenvalue weighted by atomic mass is 13.4. The predicted octanol–water partition coefficient (Wildman–Crippen LogP) is -0.774. The van der Waals surface area contributed by atoms with Crippen molar-refractivity contribution in [3.63, 3.8) is 0 Å². The van der Waals surface area contributed by atoms with Crippen LogP contribution in [0.3, 0.4) is 0 Å². The van der Waals surface area contributed by atoms with Gasteiger partial charge in [-0.2, -0.15) is 0 Å². The molecule has 0 aliphatic carbocycles. The molecular formula is H3MgNO2. The Morgan fingerprint density at radius 2 is 1.75 bits per heavy atom. The lowest BCUT2D eigenvalue weighted by molar-refractivity contribution is 0.312. The zero-order valence-corrected chi connectivity index (χ0v) is 1.30. The number of hydrogen-bond acceptors (Lipinski definition) is 2. The highest BCUT2D eigenvalue weighted by atomic mass is 24.3. The Kier molecular flexibility index (Phi) is 24.3. The summed E-state index contributed by atoms with van der Waals surface area (Å²) < 4.78 is 0. The third kappa shape index (κ3) is 107. The molecule has 0 saturated carbocycles. The van der Waals surface area contributed by atoms with Gasteiger partial charge in [-0.1, -0.05) is 0 Å². The van der Waals surface area contributed by atoms with Crippen LogP contribution in [-0.2, 0) is 0 Å². The zero-order chi connectivity index (χ0) is 2.71. The van der Waals surface area contributed by atoms with Crippen LogP contribution in [0.2, 0.25) is 0 Å². The Morgan fingerprint density at radius 3 is 1.75 bits per heavy atom. The summed E-state index contributed by atoms with van der Waals surface area (Å²) >= 11 is 0. The van der Waals surface area contributed by atoms with Gasteiger partial charge in [0.25, 0.3) is 0 Å². The Bertz CT molecular complexity index is 13.5. The van der Waals surface area contributed by atoms with Crippen molar-refractivity contribution < 1.29 is 5.21 Å². The summed E-state index contributed by atoms with van der Waals surface area (Å²) in [4.78, 5) is 8.11. The fraction of sp³-hybridized carbons (Fsp3) is 0. The van der Waals surface area contributed by atoms with E-state index < -0.39 is 0 Å². The summed E-state index contributed by atoms with van der Waals surface area (Å²) in [5.74, 6) is 0. The standard InChI is InChI=1S/Mg.HNO2.2H/c;2-1-3;;/h;(H,2,3);;. The molecule has 4 heteroatoms. The highest BCUT2D eigenvalue weighted by Crippen LogP contribution is 1.25. The maximum atomic E-state index is 8.11. The van der Waals surface area contributed by atoms with Gasteiger partial charge in [-0.3, -0.25) is 0 Å². The van der Waals surface area contributed by atoms with Crippen LogP contribution in [0.1, 0.15) is 0 Å². The Morgan fingerprint density at radius 1 is 1.75 bits per heavy atom. The quantitative estimate of drug-likeness (QED) is 0.232. The van der Waals surface area contributed by atoms with E-state index >= 15 is 0 Å². The van der Waals surface area contributed by atoms with E-state index in [0.717, 1.165) is 0 Å². The van der Waals surface area contributed by atoms with Crippen molar-refractivity contribution in [2.75, 3.05) is 0 Å². The lowest BCUT2D eigenvalue weighted by Crippen LogP contribution is -1.25. The highest BCUT2D eigenvalue weighted by Gasteiger charge is 1.18. The largest absolute Gasteiger partial charge is 0.379 e. The summed E-state index contributed by atoms with van der Waals surface area (Å²) in [5, 5.41) is 7.89. The van der Waals surface area contributed by atoms with E-state index in [4.69, 9.17) is 10.1 Å². The Hall–Kier alpha value is 0.166. The van der Waals surface area contributed by atoms with Crippen LogP contribution >= 0.6 is 0 Å². The summed E-state index contributed by atoms with van der Waals surface area (Å²) in [5.41, 5.74) is 0. The van der Waals surface area contributed by atoms with Gasteiger partial charge in [-0.25, -0.2) is 0 Å². The first-order valence-electron chi connectivity index (χ1n) is 0.383. The van der Waals surface area contributed by atoms with Gasteiger partial charge in [0, 0.05) is 0 Å². The maximum absolute atomic E-state index is 8.11. The van der Waals surface area contributed by atoms with Gasteiger partial charge in [0.15, 0.2) is 5.34 Å². The molecule has 3 nitrogen and oxygen atoms in total. The van der Waals surface area contributed by atoms with Crippen molar-refractivity contribution in [3.8, 4) is 0 Å². The molecule has 0 heterocycles. The van der Waals surface area contributed by atoms with Crippen molar-refractivity contribution in [3.05, 3.63) is 4.91 Å². The van der Waals surface area contributed by atoms with Crippen LogP contribution in [0.25, 0.3) is 0 Å². The number of nitrogens with zero attached hydrogens (tertiary/aromatic N) is 1. The molecule has 0 aromatic rings. The zero-order valence-electron chi connectivity index (χ0n) is 1.30. The molecule has 0 spiro atoms. The minimum Gasteiger partial charge on any atom is -0.379 e. The second-order valence-electron chi connectivity index (χ2n) is 0.0816. The molecule has 0 fully saturated rings. The molecule has 0 amide bonds. The van der Waals surface area contributed by atoms with Gasteiger partial charge >= 0.3 is 23.1 Å². The van der Waals surface area contributed by atoms with Crippen molar-refractivity contribution >= 4 is 23.1 Å². The average molecular weight is 73.3 g/mol. The first kappa shape index (κ1) is 8.90.